The molecule has 0 aromatic heterocycles. The second kappa shape index (κ2) is 17.6. The molecule has 0 saturated heterocycles. The van der Waals surface area contributed by atoms with E-state index in [2.05, 4.69) is 28.6 Å². The molecule has 8 nitrogen and oxygen atoms in total. The normalized spacial score (nSPS) is 15.4. The van der Waals surface area contributed by atoms with Gasteiger partial charge in [-0.05, 0) is 36.8 Å². The Morgan fingerprint density at radius 3 is 2.31 bits per heavy atom. The number of rotatable bonds is 17. The molecule has 0 bridgehead atoms. The maximum atomic E-state index is 13.3. The summed E-state index contributed by atoms with van der Waals surface area (Å²) < 4.78 is 5.15. The monoisotopic (exact) mass is 526 g/mol. The number of nitrogens with one attached hydrogen (secondary N) is 3. The Kier molecular flexibility index (Phi) is 15.8. The van der Waals surface area contributed by atoms with Crippen LogP contribution in [0.25, 0.3) is 0 Å². The van der Waals surface area contributed by atoms with Gasteiger partial charge in [-0.15, -0.1) is 0 Å². The van der Waals surface area contributed by atoms with Crippen molar-refractivity contribution in [1.29, 1.82) is 0 Å². The Morgan fingerprint density at radius 2 is 1.74 bits per heavy atom. The third-order valence-electron chi connectivity index (χ3n) is 5.74. The van der Waals surface area contributed by atoms with Crippen molar-refractivity contribution in [3.8, 4) is 0 Å². The standard InChI is InChI=1S/C25H42N4O4S2/c1-5-17(3)22(27-15-19(26)16-34)24(31)29-21(14-18-10-8-7-9-11-18)23(30)28-20(12-13-35-4)25(32)33-6-2/h7-11,17,19-22,27,34H,5-6,12-16,26H2,1-4H3,(H,28,30)(H,29,31)/t17?,19-,20+,21+,22+/m1/s1. The summed E-state index contributed by atoms with van der Waals surface area (Å²) in [5, 5.41) is 8.97. The van der Waals surface area contributed by atoms with Crippen LogP contribution >= 0.6 is 24.4 Å². The van der Waals surface area contributed by atoms with Crippen molar-refractivity contribution in [3.63, 3.8) is 0 Å². The highest BCUT2D eigenvalue weighted by Gasteiger charge is 2.31. The first-order valence-corrected chi connectivity index (χ1v) is 14.2. The quantitative estimate of drug-likeness (QED) is 0.155. The van der Waals surface area contributed by atoms with Crippen LogP contribution in [0.5, 0.6) is 0 Å². The van der Waals surface area contributed by atoms with Gasteiger partial charge in [-0.1, -0.05) is 50.6 Å². The Bertz CT molecular complexity index is 769. The maximum Gasteiger partial charge on any atom is 0.328 e. The number of thiol groups is 1. The number of nitrogens with two attached hydrogens (primary N) is 1. The zero-order valence-electron chi connectivity index (χ0n) is 21.3. The number of amides is 2. The topological polar surface area (TPSA) is 123 Å². The summed E-state index contributed by atoms with van der Waals surface area (Å²) >= 11 is 5.79. The lowest BCUT2D eigenvalue weighted by Crippen LogP contribution is -2.58. The van der Waals surface area contributed by atoms with Crippen LogP contribution in [0, 0.1) is 5.92 Å². The van der Waals surface area contributed by atoms with Crippen LogP contribution in [0.1, 0.15) is 39.2 Å². The number of carbonyl (C=O) groups excluding carboxylic acids is 3. The third kappa shape index (κ3) is 11.7. The van der Waals surface area contributed by atoms with Crippen molar-refractivity contribution in [2.24, 2.45) is 11.7 Å². The predicted molar refractivity (Wildman–Crippen MR) is 147 cm³/mol. The molecular formula is C25H42N4O4S2. The molecule has 0 aliphatic carbocycles. The van der Waals surface area contributed by atoms with Crippen molar-refractivity contribution in [1.82, 2.24) is 16.0 Å². The molecular weight excluding hydrogens is 484 g/mol. The number of hydrogen-bond acceptors (Lipinski definition) is 8. The molecule has 0 aliphatic rings. The summed E-state index contributed by atoms with van der Waals surface area (Å²) in [5.41, 5.74) is 6.88. The van der Waals surface area contributed by atoms with Crippen LogP contribution in [0.3, 0.4) is 0 Å². The van der Waals surface area contributed by atoms with Crippen molar-refractivity contribution in [2.75, 3.05) is 30.9 Å². The van der Waals surface area contributed by atoms with Gasteiger partial charge in [0.1, 0.15) is 12.1 Å². The number of thioether (sulfide) groups is 1. The van der Waals surface area contributed by atoms with Crippen LogP contribution in [0.15, 0.2) is 30.3 Å². The van der Waals surface area contributed by atoms with Gasteiger partial charge in [0.25, 0.3) is 0 Å². The second-order valence-electron chi connectivity index (χ2n) is 8.56. The largest absolute Gasteiger partial charge is 0.464 e. The van der Waals surface area contributed by atoms with Gasteiger partial charge in [0.2, 0.25) is 11.8 Å². The zero-order chi connectivity index (χ0) is 26.2. The van der Waals surface area contributed by atoms with E-state index in [-0.39, 0.29) is 24.5 Å². The molecule has 0 fully saturated rings. The summed E-state index contributed by atoms with van der Waals surface area (Å²) in [6.07, 6.45) is 3.44. The van der Waals surface area contributed by atoms with E-state index in [0.29, 0.717) is 30.9 Å². The minimum Gasteiger partial charge on any atom is -0.464 e. The minimum atomic E-state index is -0.858. The Morgan fingerprint density at radius 1 is 1.09 bits per heavy atom. The van der Waals surface area contributed by atoms with Gasteiger partial charge in [-0.2, -0.15) is 24.4 Å². The molecule has 198 valence electrons. The zero-order valence-corrected chi connectivity index (χ0v) is 23.0. The van der Waals surface area contributed by atoms with Crippen LogP contribution in [-0.2, 0) is 25.5 Å². The molecule has 5 atom stereocenters. The number of ether oxygens (including phenoxy) is 1. The molecule has 2 amide bonds. The van der Waals surface area contributed by atoms with Crippen molar-refractivity contribution in [3.05, 3.63) is 35.9 Å². The first kappa shape index (κ1) is 31.3. The highest BCUT2D eigenvalue weighted by Crippen LogP contribution is 2.11. The Balaban J connectivity index is 3.09. The first-order valence-electron chi connectivity index (χ1n) is 12.2. The minimum absolute atomic E-state index is 0.0245. The van der Waals surface area contributed by atoms with Crippen LogP contribution in [-0.4, -0.2) is 72.9 Å². The molecule has 1 aromatic carbocycles. The van der Waals surface area contributed by atoms with Gasteiger partial charge in [0, 0.05) is 24.8 Å². The lowest BCUT2D eigenvalue weighted by molar-refractivity contribution is -0.147. The van der Waals surface area contributed by atoms with E-state index in [1.807, 2.05) is 50.4 Å². The SMILES string of the molecule is CCOC(=O)[C@H](CCSC)NC(=O)[C@H](Cc1ccccc1)NC(=O)[C@@H](NC[C@@H](N)CS)C(C)CC. The lowest BCUT2D eigenvalue weighted by Gasteiger charge is -2.28. The van der Waals surface area contributed by atoms with Crippen molar-refractivity contribution in [2.45, 2.75) is 64.2 Å². The molecule has 35 heavy (non-hydrogen) atoms. The van der Waals surface area contributed by atoms with Gasteiger partial charge in [-0.3, -0.25) is 9.59 Å². The molecule has 1 rings (SSSR count). The van der Waals surface area contributed by atoms with Crippen LogP contribution in [0.2, 0.25) is 0 Å². The summed E-state index contributed by atoms with van der Waals surface area (Å²) in [5.74, 6) is 0.0303. The summed E-state index contributed by atoms with van der Waals surface area (Å²) in [7, 11) is 0. The highest BCUT2D eigenvalue weighted by molar-refractivity contribution is 7.98. The van der Waals surface area contributed by atoms with Crippen molar-refractivity contribution < 1.29 is 19.1 Å². The molecule has 0 aliphatic heterocycles. The Hall–Kier alpha value is -1.75. The van der Waals surface area contributed by atoms with E-state index in [4.69, 9.17) is 10.5 Å². The lowest BCUT2D eigenvalue weighted by atomic mass is 9.97. The van der Waals surface area contributed by atoms with E-state index in [1.54, 1.807) is 18.7 Å². The highest BCUT2D eigenvalue weighted by atomic mass is 32.2. The third-order valence-corrected chi connectivity index (χ3v) is 6.86. The number of benzene rings is 1. The fourth-order valence-electron chi connectivity index (χ4n) is 3.45. The Labute approximate surface area is 219 Å². The molecule has 0 heterocycles. The predicted octanol–water partition coefficient (Wildman–Crippen LogP) is 1.78. The smallest absolute Gasteiger partial charge is 0.328 e. The average Bonchev–Trinajstić information content (AvgIpc) is 2.86. The fraction of sp³-hybridized carbons (Fsp3) is 0.640. The van der Waals surface area contributed by atoms with E-state index in [1.165, 1.54) is 0 Å². The number of esters is 1. The van der Waals surface area contributed by atoms with E-state index < -0.39 is 30.0 Å². The molecule has 1 unspecified atom stereocenters. The molecule has 0 spiro atoms. The molecule has 0 saturated carbocycles. The molecule has 0 radical (unpaired) electrons. The maximum absolute atomic E-state index is 13.3. The number of hydrogen-bond donors (Lipinski definition) is 5. The van der Waals surface area contributed by atoms with Crippen LogP contribution < -0.4 is 21.7 Å². The number of carbonyl (C=O) groups is 3. The average molecular weight is 527 g/mol. The van der Waals surface area contributed by atoms with Gasteiger partial charge in [0.15, 0.2) is 0 Å². The summed E-state index contributed by atoms with van der Waals surface area (Å²) in [6.45, 7) is 6.38. The van der Waals surface area contributed by atoms with E-state index >= 15 is 0 Å². The molecule has 10 heteroatoms. The first-order chi connectivity index (χ1) is 16.8. The summed E-state index contributed by atoms with van der Waals surface area (Å²) in [4.78, 5) is 39.1. The van der Waals surface area contributed by atoms with Gasteiger partial charge in [-0.25, -0.2) is 4.79 Å². The van der Waals surface area contributed by atoms with Gasteiger partial charge in [0.05, 0.1) is 12.6 Å². The fourth-order valence-corrected chi connectivity index (χ4v) is 4.05. The van der Waals surface area contributed by atoms with Crippen LogP contribution in [0.4, 0.5) is 0 Å². The molecule has 1 aromatic rings. The summed E-state index contributed by atoms with van der Waals surface area (Å²) in [6, 6.07) is 7.12. The second-order valence-corrected chi connectivity index (χ2v) is 9.91. The van der Waals surface area contributed by atoms with E-state index in [0.717, 1.165) is 12.0 Å². The molecule has 5 N–H and O–H groups in total. The van der Waals surface area contributed by atoms with E-state index in [9.17, 15) is 14.4 Å². The van der Waals surface area contributed by atoms with Gasteiger partial charge >= 0.3 is 5.97 Å². The van der Waals surface area contributed by atoms with Gasteiger partial charge < -0.3 is 26.4 Å². The van der Waals surface area contributed by atoms with Crippen molar-refractivity contribution >= 4 is 42.2 Å².